The molecule has 0 bridgehead atoms. The highest BCUT2D eigenvalue weighted by molar-refractivity contribution is 5.89. The lowest BCUT2D eigenvalue weighted by Gasteiger charge is -2.57. The highest BCUT2D eigenvalue weighted by atomic mass is 16.5. The molecule has 1 amide bonds. The number of rotatable bonds is 2. The van der Waals surface area contributed by atoms with Gasteiger partial charge in [-0.2, -0.15) is 0 Å². The highest BCUT2D eigenvalue weighted by Gasteiger charge is 2.60. The van der Waals surface area contributed by atoms with Gasteiger partial charge in [0.15, 0.2) is 0 Å². The third-order valence-electron chi connectivity index (χ3n) is 8.77. The Bertz CT molecular complexity index is 749. The molecule has 4 heteroatoms. The molecule has 0 radical (unpaired) electrons. The maximum atomic E-state index is 13.1. The van der Waals surface area contributed by atoms with Gasteiger partial charge in [-0.3, -0.25) is 4.79 Å². The topological polar surface area (TPSA) is 50.7 Å². The van der Waals surface area contributed by atoms with Crippen LogP contribution in [0.1, 0.15) is 87.0 Å². The average Bonchev–Trinajstić information content (AvgIpc) is 2.97. The minimum atomic E-state index is -0.158. The number of nitrogens with one attached hydrogen (secondary N) is 1. The van der Waals surface area contributed by atoms with Crippen LogP contribution in [0.4, 0.5) is 0 Å². The van der Waals surface area contributed by atoms with Crippen LogP contribution in [0, 0.1) is 34.5 Å². The summed E-state index contributed by atoms with van der Waals surface area (Å²) in [5.41, 5.74) is 0.113. The van der Waals surface area contributed by atoms with E-state index >= 15 is 0 Å². The van der Waals surface area contributed by atoms with E-state index in [9.17, 15) is 4.79 Å². The molecule has 0 aromatic rings. The summed E-state index contributed by atoms with van der Waals surface area (Å²) in [6.07, 6.45) is 11.7. The molecule has 0 spiro atoms. The molecule has 3 aliphatic carbocycles. The molecule has 0 saturated heterocycles. The van der Waals surface area contributed by atoms with Gasteiger partial charge in [-0.15, -0.1) is 0 Å². The van der Waals surface area contributed by atoms with E-state index in [1.807, 2.05) is 0 Å². The molecule has 3 fully saturated rings. The molecule has 4 aliphatic rings. The van der Waals surface area contributed by atoms with Crippen LogP contribution < -0.4 is 5.32 Å². The van der Waals surface area contributed by atoms with Crippen molar-refractivity contribution in [3.63, 3.8) is 0 Å². The van der Waals surface area contributed by atoms with Gasteiger partial charge in [-0.1, -0.05) is 19.9 Å². The number of amides is 1. The Morgan fingerprint density at radius 3 is 2.53 bits per heavy atom. The zero-order valence-corrected chi connectivity index (χ0v) is 20.1. The van der Waals surface area contributed by atoms with Crippen molar-refractivity contribution in [3.8, 4) is 0 Å². The Balaban J connectivity index is 1.53. The van der Waals surface area contributed by atoms with E-state index < -0.39 is 0 Å². The second-order valence-electron chi connectivity index (χ2n) is 12.2. The van der Waals surface area contributed by atoms with Crippen LogP contribution in [0.5, 0.6) is 0 Å². The van der Waals surface area contributed by atoms with Crippen LogP contribution >= 0.6 is 0 Å². The molecule has 4 rings (SSSR count). The van der Waals surface area contributed by atoms with Crippen LogP contribution in [0.2, 0.25) is 0 Å². The van der Waals surface area contributed by atoms with Crippen LogP contribution in [0.25, 0.3) is 0 Å². The van der Waals surface area contributed by atoms with Gasteiger partial charge in [0.25, 0.3) is 0 Å². The lowest BCUT2D eigenvalue weighted by Crippen LogP contribution is -2.55. The number of aliphatic imine (C=N–C) groups is 1. The monoisotopic (exact) mass is 414 g/mol. The van der Waals surface area contributed by atoms with Gasteiger partial charge >= 0.3 is 0 Å². The molecule has 168 valence electrons. The lowest BCUT2D eigenvalue weighted by atomic mass is 9.48. The van der Waals surface area contributed by atoms with Crippen molar-refractivity contribution in [2.75, 3.05) is 0 Å². The normalized spacial score (nSPS) is 42.8. The maximum absolute atomic E-state index is 13.1. The van der Waals surface area contributed by atoms with E-state index in [4.69, 9.17) is 9.73 Å². The van der Waals surface area contributed by atoms with Crippen molar-refractivity contribution < 1.29 is 9.53 Å². The van der Waals surface area contributed by atoms with Crippen molar-refractivity contribution in [2.24, 2.45) is 39.5 Å². The average molecular weight is 415 g/mol. The fourth-order valence-electron chi connectivity index (χ4n) is 7.46. The Labute approximate surface area is 183 Å². The molecule has 0 aromatic heterocycles. The fraction of sp³-hybridized carbons (Fsp3) is 0.846. The molecule has 7 atom stereocenters. The predicted molar refractivity (Wildman–Crippen MR) is 122 cm³/mol. The summed E-state index contributed by atoms with van der Waals surface area (Å²) in [4.78, 5) is 18.2. The summed E-state index contributed by atoms with van der Waals surface area (Å²) in [6.45, 7) is 15.3. The van der Waals surface area contributed by atoms with Crippen LogP contribution in [0.3, 0.4) is 0 Å². The first-order valence-electron chi connectivity index (χ1n) is 12.2. The van der Waals surface area contributed by atoms with Crippen molar-refractivity contribution >= 4 is 11.8 Å². The first kappa shape index (κ1) is 21.9. The number of carbonyl (C=O) groups is 1. The summed E-state index contributed by atoms with van der Waals surface area (Å²) >= 11 is 0. The summed E-state index contributed by atoms with van der Waals surface area (Å²) in [5.74, 6) is 3.30. The second kappa shape index (κ2) is 7.38. The van der Waals surface area contributed by atoms with Crippen molar-refractivity contribution in [2.45, 2.75) is 105 Å². The van der Waals surface area contributed by atoms with Crippen LogP contribution in [0.15, 0.2) is 17.1 Å². The predicted octanol–water partition coefficient (Wildman–Crippen LogP) is 5.52. The van der Waals surface area contributed by atoms with Gasteiger partial charge in [0.05, 0.1) is 12.1 Å². The highest BCUT2D eigenvalue weighted by Crippen LogP contribution is 2.65. The molecule has 4 nitrogen and oxygen atoms in total. The molecule has 30 heavy (non-hydrogen) atoms. The zero-order valence-electron chi connectivity index (χ0n) is 20.1. The summed E-state index contributed by atoms with van der Waals surface area (Å²) in [6, 6.07) is 0.336. The molecule has 7 unspecified atom stereocenters. The largest absolute Gasteiger partial charge is 0.475 e. The van der Waals surface area contributed by atoms with Gasteiger partial charge in [0.2, 0.25) is 11.8 Å². The number of ether oxygens (including phenoxy) is 1. The number of nitrogens with zero attached hydrogens (tertiary/aromatic N) is 1. The van der Waals surface area contributed by atoms with Crippen molar-refractivity contribution in [1.82, 2.24) is 5.32 Å². The van der Waals surface area contributed by atoms with Crippen molar-refractivity contribution in [3.05, 3.63) is 12.2 Å². The molecular formula is C26H42N2O2. The first-order valence-corrected chi connectivity index (χ1v) is 12.2. The molecule has 1 N–H and O–H groups in total. The Kier molecular flexibility index (Phi) is 5.38. The van der Waals surface area contributed by atoms with Gasteiger partial charge in [-0.05, 0) is 102 Å². The number of hydrogen-bond acceptors (Lipinski definition) is 3. The fourth-order valence-corrected chi connectivity index (χ4v) is 7.46. The van der Waals surface area contributed by atoms with E-state index in [0.717, 1.165) is 25.2 Å². The summed E-state index contributed by atoms with van der Waals surface area (Å²) in [5, 5.41) is 3.28. The maximum Gasteiger partial charge on any atom is 0.224 e. The third kappa shape index (κ3) is 3.62. The van der Waals surface area contributed by atoms with Gasteiger partial charge in [0.1, 0.15) is 0 Å². The van der Waals surface area contributed by atoms with Crippen molar-refractivity contribution in [1.29, 1.82) is 0 Å². The number of fused-ring (bicyclic) bond motifs is 5. The minimum Gasteiger partial charge on any atom is -0.475 e. The molecule has 3 saturated carbocycles. The lowest BCUT2D eigenvalue weighted by molar-refractivity contribution is -0.133. The quantitative estimate of drug-likeness (QED) is 0.646. The summed E-state index contributed by atoms with van der Waals surface area (Å²) in [7, 11) is 0. The molecule has 1 aliphatic heterocycles. The smallest absolute Gasteiger partial charge is 0.224 e. The molecule has 1 heterocycles. The zero-order chi connectivity index (χ0) is 21.9. The molecule has 0 aromatic carbocycles. The summed E-state index contributed by atoms with van der Waals surface area (Å²) < 4.78 is 5.91. The minimum absolute atomic E-state index is 0.125. The van der Waals surface area contributed by atoms with Crippen LogP contribution in [-0.2, 0) is 9.53 Å². The molecular weight excluding hydrogens is 372 g/mol. The second-order valence-corrected chi connectivity index (χ2v) is 12.2. The number of carbonyl (C=O) groups excluding carboxylic acids is 1. The van der Waals surface area contributed by atoms with Gasteiger partial charge in [-0.25, -0.2) is 4.99 Å². The van der Waals surface area contributed by atoms with E-state index in [1.165, 1.54) is 19.3 Å². The number of dihydropyridines is 1. The van der Waals surface area contributed by atoms with Gasteiger partial charge < -0.3 is 10.1 Å². The Morgan fingerprint density at radius 1 is 1.13 bits per heavy atom. The van der Waals surface area contributed by atoms with E-state index in [0.29, 0.717) is 23.8 Å². The first-order chi connectivity index (χ1) is 13.9. The van der Waals surface area contributed by atoms with Crippen LogP contribution in [-0.4, -0.2) is 29.5 Å². The van der Waals surface area contributed by atoms with Gasteiger partial charge in [0, 0.05) is 16.9 Å². The standard InChI is InChI=1S/C26H42N2O2/c1-16(2)30-22-13-15-26(7)19-12-14-25(6)18(17(19)8-11-21(26)27-22)9-10-20(25)23(29)28-24(3,4)5/h13,15-21H,8-12,14H2,1-7H3,(H,28,29). The Hall–Kier alpha value is -1.32. The van der Waals surface area contributed by atoms with E-state index in [1.54, 1.807) is 0 Å². The van der Waals surface area contributed by atoms with E-state index in [2.05, 4.69) is 65.9 Å². The number of hydrogen-bond donors (Lipinski definition) is 1. The SMILES string of the molecule is CC(C)OC1=NC2CCC3C(CCC4(C)C(C(=O)NC(C)(C)C)CCC34)C2(C)C=C1. The Morgan fingerprint density at radius 2 is 1.87 bits per heavy atom. The third-order valence-corrected chi connectivity index (χ3v) is 8.77. The van der Waals surface area contributed by atoms with E-state index in [-0.39, 0.29) is 34.3 Å².